The number of hydrogen-bond acceptors (Lipinski definition) is 4. The van der Waals surface area contributed by atoms with Gasteiger partial charge in [0.05, 0.1) is 12.2 Å². The molecular weight excluding hydrogens is 278 g/mol. The maximum absolute atomic E-state index is 12.1. The Bertz CT molecular complexity index is 845. The third kappa shape index (κ3) is 2.86. The van der Waals surface area contributed by atoms with Crippen LogP contribution in [0, 0.1) is 6.92 Å². The molecule has 0 fully saturated rings. The van der Waals surface area contributed by atoms with Crippen LogP contribution < -0.4 is 10.9 Å². The zero-order chi connectivity index (χ0) is 15.7. The van der Waals surface area contributed by atoms with Crippen LogP contribution in [0.3, 0.4) is 0 Å². The van der Waals surface area contributed by atoms with Crippen LogP contribution in [-0.4, -0.2) is 19.6 Å². The van der Waals surface area contributed by atoms with Crippen molar-refractivity contribution < 1.29 is 0 Å². The van der Waals surface area contributed by atoms with Gasteiger partial charge in [0, 0.05) is 11.8 Å². The van der Waals surface area contributed by atoms with Gasteiger partial charge in [0.15, 0.2) is 0 Å². The quantitative estimate of drug-likeness (QED) is 0.775. The van der Waals surface area contributed by atoms with Crippen LogP contribution in [0.15, 0.2) is 35.1 Å². The van der Waals surface area contributed by atoms with Crippen molar-refractivity contribution in [3.05, 3.63) is 57.8 Å². The molecule has 0 unspecified atom stereocenters. The van der Waals surface area contributed by atoms with Gasteiger partial charge in [0.25, 0.3) is 11.3 Å². The summed E-state index contributed by atoms with van der Waals surface area (Å²) in [4.78, 5) is 20.9. The number of hydrogen-bond donors (Lipinski definition) is 2. The Kier molecular flexibility index (Phi) is 3.66. The maximum atomic E-state index is 12.1. The number of benzene rings is 1. The Morgan fingerprint density at radius 3 is 2.64 bits per heavy atom. The van der Waals surface area contributed by atoms with Crippen molar-refractivity contribution in [2.24, 2.45) is 0 Å². The molecule has 0 aliphatic carbocycles. The van der Waals surface area contributed by atoms with Gasteiger partial charge in [-0.1, -0.05) is 31.5 Å². The van der Waals surface area contributed by atoms with Crippen LogP contribution in [0.4, 0.5) is 5.69 Å². The molecular formula is C16H19N5O. The number of nitrogens with zero attached hydrogens (tertiary/aromatic N) is 3. The van der Waals surface area contributed by atoms with Crippen LogP contribution in [0.1, 0.15) is 36.8 Å². The lowest BCUT2D eigenvalue weighted by molar-refractivity contribution is 0.791. The fourth-order valence-electron chi connectivity index (χ4n) is 2.17. The van der Waals surface area contributed by atoms with E-state index in [0.717, 1.165) is 11.4 Å². The van der Waals surface area contributed by atoms with Gasteiger partial charge in [-0.3, -0.25) is 9.89 Å². The molecule has 114 valence electrons. The summed E-state index contributed by atoms with van der Waals surface area (Å²) in [7, 11) is 0. The Morgan fingerprint density at radius 1 is 1.23 bits per heavy atom. The van der Waals surface area contributed by atoms with Crippen LogP contribution >= 0.6 is 0 Å². The minimum atomic E-state index is -0.136. The first-order chi connectivity index (χ1) is 10.5. The molecule has 0 bridgehead atoms. The highest BCUT2D eigenvalue weighted by Crippen LogP contribution is 2.11. The Balaban J connectivity index is 1.84. The zero-order valence-electron chi connectivity index (χ0n) is 12.9. The summed E-state index contributed by atoms with van der Waals surface area (Å²) in [6.07, 6.45) is 0. The van der Waals surface area contributed by atoms with Crippen LogP contribution in [0.25, 0.3) is 5.78 Å². The molecule has 0 radical (unpaired) electrons. The van der Waals surface area contributed by atoms with Gasteiger partial charge in [-0.25, -0.2) is 4.98 Å². The number of H-pyrrole nitrogens is 1. The number of aromatic amines is 1. The van der Waals surface area contributed by atoms with Crippen LogP contribution in [0.2, 0.25) is 0 Å². The molecule has 0 saturated carbocycles. The Hall–Kier alpha value is -2.63. The third-order valence-corrected chi connectivity index (χ3v) is 3.50. The monoisotopic (exact) mass is 297 g/mol. The first-order valence-electron chi connectivity index (χ1n) is 7.32. The summed E-state index contributed by atoms with van der Waals surface area (Å²) >= 11 is 0. The Morgan fingerprint density at radius 2 is 1.95 bits per heavy atom. The first kappa shape index (κ1) is 14.3. The van der Waals surface area contributed by atoms with Crippen molar-refractivity contribution in [3.8, 4) is 0 Å². The number of aromatic nitrogens is 4. The predicted octanol–water partition coefficient (Wildman–Crippen LogP) is 2.46. The lowest BCUT2D eigenvalue weighted by Crippen LogP contribution is -2.16. The predicted molar refractivity (Wildman–Crippen MR) is 86.2 cm³/mol. The molecule has 0 spiro atoms. The van der Waals surface area contributed by atoms with Crippen molar-refractivity contribution in [1.29, 1.82) is 0 Å². The molecule has 2 aromatic heterocycles. The summed E-state index contributed by atoms with van der Waals surface area (Å²) in [5, 5.41) is 6.25. The van der Waals surface area contributed by atoms with E-state index in [0.29, 0.717) is 18.1 Å². The topological polar surface area (TPSA) is 75.1 Å². The average molecular weight is 297 g/mol. The van der Waals surface area contributed by atoms with E-state index in [1.807, 2.05) is 45.0 Å². The summed E-state index contributed by atoms with van der Waals surface area (Å²) in [6.45, 7) is 6.56. The van der Waals surface area contributed by atoms with E-state index < -0.39 is 0 Å². The largest absolute Gasteiger partial charge is 0.378 e. The maximum Gasteiger partial charge on any atom is 0.274 e. The van der Waals surface area contributed by atoms with Gasteiger partial charge in [-0.05, 0) is 25.0 Å². The van der Waals surface area contributed by atoms with Gasteiger partial charge in [-0.15, -0.1) is 0 Å². The summed E-state index contributed by atoms with van der Waals surface area (Å²) in [6, 6.07) is 9.66. The van der Waals surface area contributed by atoms with E-state index in [2.05, 4.69) is 20.4 Å². The number of anilines is 1. The van der Waals surface area contributed by atoms with Crippen molar-refractivity contribution in [2.45, 2.75) is 33.2 Å². The van der Waals surface area contributed by atoms with E-state index in [4.69, 9.17) is 0 Å². The highest BCUT2D eigenvalue weighted by Gasteiger charge is 2.09. The smallest absolute Gasteiger partial charge is 0.274 e. The highest BCUT2D eigenvalue weighted by molar-refractivity contribution is 5.44. The van der Waals surface area contributed by atoms with E-state index in [-0.39, 0.29) is 11.5 Å². The lowest BCUT2D eigenvalue weighted by atomic mass is 10.1. The fourth-order valence-corrected chi connectivity index (χ4v) is 2.17. The molecule has 0 saturated heterocycles. The second-order valence-corrected chi connectivity index (χ2v) is 5.70. The standard InChI is InChI=1S/C16H19N5O/c1-10(2)13-8-15(22)21-16(18-13)19-14(20-21)9-17-12-6-4-11(3)5-7-12/h4-8,10,17H,9H2,1-3H3,(H,18,19,20). The number of nitrogens with one attached hydrogen (secondary N) is 2. The van der Waals surface area contributed by atoms with Crippen molar-refractivity contribution >= 4 is 11.5 Å². The summed E-state index contributed by atoms with van der Waals surface area (Å²) < 4.78 is 1.37. The van der Waals surface area contributed by atoms with Gasteiger partial charge < -0.3 is 5.32 Å². The first-order valence-corrected chi connectivity index (χ1v) is 7.32. The molecule has 0 aliphatic rings. The van der Waals surface area contributed by atoms with Crippen molar-refractivity contribution in [2.75, 3.05) is 5.32 Å². The molecule has 0 aliphatic heterocycles. The number of rotatable bonds is 4. The molecule has 3 aromatic rings. The number of fused-ring (bicyclic) bond motifs is 1. The lowest BCUT2D eigenvalue weighted by Gasteiger charge is -2.03. The number of aryl methyl sites for hydroxylation is 1. The van der Waals surface area contributed by atoms with Crippen LogP contribution in [-0.2, 0) is 6.54 Å². The molecule has 2 N–H and O–H groups in total. The molecule has 6 heteroatoms. The van der Waals surface area contributed by atoms with E-state index in [9.17, 15) is 4.79 Å². The molecule has 6 nitrogen and oxygen atoms in total. The minimum absolute atomic E-state index is 0.136. The van der Waals surface area contributed by atoms with Gasteiger partial charge in [0.2, 0.25) is 0 Å². The SMILES string of the molecule is Cc1ccc(NCc2nc3nc(C(C)C)cc(=O)n3[nH]2)cc1. The second kappa shape index (κ2) is 5.63. The van der Waals surface area contributed by atoms with E-state index in [1.54, 1.807) is 6.07 Å². The van der Waals surface area contributed by atoms with Gasteiger partial charge in [0.1, 0.15) is 5.82 Å². The average Bonchev–Trinajstić information content (AvgIpc) is 2.90. The molecule has 22 heavy (non-hydrogen) atoms. The minimum Gasteiger partial charge on any atom is -0.378 e. The van der Waals surface area contributed by atoms with Crippen LogP contribution in [0.5, 0.6) is 0 Å². The Labute approximate surface area is 128 Å². The normalized spacial score (nSPS) is 11.3. The fraction of sp³-hybridized carbons (Fsp3) is 0.312. The van der Waals surface area contributed by atoms with E-state index >= 15 is 0 Å². The molecule has 0 atom stereocenters. The van der Waals surface area contributed by atoms with Crippen molar-refractivity contribution in [1.82, 2.24) is 19.6 Å². The van der Waals surface area contributed by atoms with Crippen molar-refractivity contribution in [3.63, 3.8) is 0 Å². The molecule has 1 aromatic carbocycles. The molecule has 0 amide bonds. The third-order valence-electron chi connectivity index (χ3n) is 3.50. The van der Waals surface area contributed by atoms with Gasteiger partial charge in [-0.2, -0.15) is 9.50 Å². The molecule has 2 heterocycles. The second-order valence-electron chi connectivity index (χ2n) is 5.70. The highest BCUT2D eigenvalue weighted by atomic mass is 16.1. The summed E-state index contributed by atoms with van der Waals surface area (Å²) in [5.41, 5.74) is 2.85. The molecule has 3 rings (SSSR count). The zero-order valence-corrected chi connectivity index (χ0v) is 12.9. The van der Waals surface area contributed by atoms with Gasteiger partial charge >= 0.3 is 0 Å². The van der Waals surface area contributed by atoms with E-state index in [1.165, 1.54) is 10.1 Å². The summed E-state index contributed by atoms with van der Waals surface area (Å²) in [5.74, 6) is 1.28.